The first-order valence-corrected chi connectivity index (χ1v) is 6.32. The third-order valence-electron chi connectivity index (χ3n) is 3.30. The Hall–Kier alpha value is -0.160. The summed E-state index contributed by atoms with van der Waals surface area (Å²) in [4.78, 5) is 2.43. The van der Waals surface area contributed by atoms with E-state index in [4.69, 9.17) is 9.84 Å². The highest BCUT2D eigenvalue weighted by Gasteiger charge is 2.29. The highest BCUT2D eigenvalue weighted by atomic mass is 16.5. The second-order valence-corrected chi connectivity index (χ2v) is 4.94. The third kappa shape index (κ3) is 4.78. The van der Waals surface area contributed by atoms with Crippen LogP contribution in [0.5, 0.6) is 0 Å². The van der Waals surface area contributed by atoms with Gasteiger partial charge in [0.1, 0.15) is 0 Å². The largest absolute Gasteiger partial charge is 0.394 e. The lowest BCUT2D eigenvalue weighted by Crippen LogP contribution is -2.39. The van der Waals surface area contributed by atoms with Gasteiger partial charge in [0.2, 0.25) is 0 Å². The van der Waals surface area contributed by atoms with E-state index in [9.17, 15) is 0 Å². The number of likely N-dealkylation sites (N-methyl/N-ethyl adjacent to an activating group) is 1. The van der Waals surface area contributed by atoms with E-state index < -0.39 is 0 Å². The van der Waals surface area contributed by atoms with Crippen molar-refractivity contribution in [2.24, 2.45) is 5.41 Å². The molecule has 0 saturated carbocycles. The molecule has 96 valence electrons. The topological polar surface area (TPSA) is 44.7 Å². The van der Waals surface area contributed by atoms with Crippen molar-refractivity contribution in [3.05, 3.63) is 0 Å². The fourth-order valence-corrected chi connectivity index (χ4v) is 2.25. The predicted octanol–water partition coefficient (Wildman–Crippen LogP) is 0.317. The summed E-state index contributed by atoms with van der Waals surface area (Å²) in [5.41, 5.74) is 0.424. The van der Waals surface area contributed by atoms with E-state index in [0.717, 1.165) is 39.3 Å². The molecule has 0 spiro atoms. The summed E-state index contributed by atoms with van der Waals surface area (Å²) in [6.07, 6.45) is 1.26. The third-order valence-corrected chi connectivity index (χ3v) is 3.30. The van der Waals surface area contributed by atoms with Gasteiger partial charge in [-0.1, -0.05) is 13.8 Å². The van der Waals surface area contributed by atoms with Crippen LogP contribution in [0.3, 0.4) is 0 Å². The average Bonchev–Trinajstić information content (AvgIpc) is 2.70. The molecule has 0 amide bonds. The molecule has 0 bridgehead atoms. The van der Waals surface area contributed by atoms with Crippen molar-refractivity contribution in [3.63, 3.8) is 0 Å². The molecule has 4 nitrogen and oxygen atoms in total. The minimum atomic E-state index is 0.119. The molecule has 1 aliphatic rings. The van der Waals surface area contributed by atoms with Crippen molar-refractivity contribution in [3.8, 4) is 0 Å². The van der Waals surface area contributed by atoms with Gasteiger partial charge in [-0.15, -0.1) is 0 Å². The second-order valence-electron chi connectivity index (χ2n) is 4.94. The van der Waals surface area contributed by atoms with E-state index >= 15 is 0 Å². The number of rotatable bonds is 8. The Balaban J connectivity index is 2.20. The zero-order chi connectivity index (χ0) is 11.9. The van der Waals surface area contributed by atoms with Crippen LogP contribution >= 0.6 is 0 Å². The first-order valence-electron chi connectivity index (χ1n) is 6.32. The SMILES string of the molecule is CCN(CCOCCO)CC1(C)CCNC1. The molecular formula is C12H26N2O2. The van der Waals surface area contributed by atoms with E-state index in [1.807, 2.05) is 0 Å². The highest BCUT2D eigenvalue weighted by molar-refractivity contribution is 4.86. The first-order chi connectivity index (χ1) is 7.70. The molecule has 0 radical (unpaired) electrons. The Kier molecular flexibility index (Phi) is 6.28. The minimum Gasteiger partial charge on any atom is -0.394 e. The lowest BCUT2D eigenvalue weighted by atomic mass is 9.89. The van der Waals surface area contributed by atoms with Crippen LogP contribution in [0.1, 0.15) is 20.3 Å². The standard InChI is InChI=1S/C12H26N2O2/c1-3-14(6-8-16-9-7-15)11-12(2)4-5-13-10-12/h13,15H,3-11H2,1-2H3. The molecule has 1 aliphatic heterocycles. The van der Waals surface area contributed by atoms with Crippen LogP contribution in [0.4, 0.5) is 0 Å². The van der Waals surface area contributed by atoms with Crippen molar-refractivity contribution in [2.75, 3.05) is 52.5 Å². The first kappa shape index (κ1) is 13.9. The summed E-state index contributed by atoms with van der Waals surface area (Å²) < 4.78 is 5.31. The van der Waals surface area contributed by atoms with Gasteiger partial charge in [-0.3, -0.25) is 0 Å². The van der Waals surface area contributed by atoms with Gasteiger partial charge in [-0.05, 0) is 24.9 Å². The van der Waals surface area contributed by atoms with E-state index in [1.54, 1.807) is 0 Å². The Morgan fingerprint density at radius 3 is 2.81 bits per heavy atom. The number of nitrogens with one attached hydrogen (secondary N) is 1. The van der Waals surface area contributed by atoms with Crippen molar-refractivity contribution in [1.29, 1.82) is 0 Å². The van der Waals surface area contributed by atoms with E-state index in [2.05, 4.69) is 24.1 Å². The quantitative estimate of drug-likeness (QED) is 0.589. The fraction of sp³-hybridized carbons (Fsp3) is 1.00. The van der Waals surface area contributed by atoms with Gasteiger partial charge >= 0.3 is 0 Å². The Bertz CT molecular complexity index is 182. The average molecular weight is 230 g/mol. The summed E-state index contributed by atoms with van der Waals surface area (Å²) in [6.45, 7) is 11.3. The molecule has 2 N–H and O–H groups in total. The zero-order valence-corrected chi connectivity index (χ0v) is 10.7. The number of hydrogen-bond acceptors (Lipinski definition) is 4. The molecule has 1 heterocycles. The van der Waals surface area contributed by atoms with E-state index in [1.165, 1.54) is 6.42 Å². The van der Waals surface area contributed by atoms with Gasteiger partial charge in [-0.2, -0.15) is 0 Å². The molecule has 1 unspecified atom stereocenters. The van der Waals surface area contributed by atoms with Gasteiger partial charge < -0.3 is 20.1 Å². The van der Waals surface area contributed by atoms with Crippen molar-refractivity contribution < 1.29 is 9.84 Å². The van der Waals surface area contributed by atoms with Gasteiger partial charge in [0.25, 0.3) is 0 Å². The minimum absolute atomic E-state index is 0.119. The smallest absolute Gasteiger partial charge is 0.0698 e. The number of aliphatic hydroxyl groups excluding tert-OH is 1. The molecule has 16 heavy (non-hydrogen) atoms. The lowest BCUT2D eigenvalue weighted by Gasteiger charge is -2.31. The Morgan fingerprint density at radius 1 is 1.44 bits per heavy atom. The second kappa shape index (κ2) is 7.22. The van der Waals surface area contributed by atoms with Crippen LogP contribution in [0, 0.1) is 5.41 Å². The molecule has 0 aromatic carbocycles. The number of hydrogen-bond donors (Lipinski definition) is 2. The summed E-state index contributed by atoms with van der Waals surface area (Å²) in [6, 6.07) is 0. The fourth-order valence-electron chi connectivity index (χ4n) is 2.25. The predicted molar refractivity (Wildman–Crippen MR) is 65.6 cm³/mol. The number of aliphatic hydroxyl groups is 1. The van der Waals surface area contributed by atoms with Crippen LogP contribution in [-0.2, 0) is 4.74 Å². The summed E-state index contributed by atoms with van der Waals surface area (Å²) >= 11 is 0. The van der Waals surface area contributed by atoms with Crippen LogP contribution in [0.15, 0.2) is 0 Å². The van der Waals surface area contributed by atoms with E-state index in [-0.39, 0.29) is 6.61 Å². The molecule has 0 aromatic heterocycles. The lowest BCUT2D eigenvalue weighted by molar-refractivity contribution is 0.0658. The summed E-state index contributed by atoms with van der Waals surface area (Å²) in [7, 11) is 0. The highest BCUT2D eigenvalue weighted by Crippen LogP contribution is 2.25. The normalized spacial score (nSPS) is 25.5. The van der Waals surface area contributed by atoms with Crippen LogP contribution in [-0.4, -0.2) is 62.6 Å². The van der Waals surface area contributed by atoms with Crippen LogP contribution in [0.25, 0.3) is 0 Å². The van der Waals surface area contributed by atoms with Gasteiger partial charge in [-0.25, -0.2) is 0 Å². The van der Waals surface area contributed by atoms with Gasteiger partial charge in [0.05, 0.1) is 19.8 Å². The molecule has 1 atom stereocenters. The number of nitrogens with zero attached hydrogens (tertiary/aromatic N) is 1. The maximum absolute atomic E-state index is 8.61. The van der Waals surface area contributed by atoms with Crippen molar-refractivity contribution >= 4 is 0 Å². The Morgan fingerprint density at radius 2 is 2.25 bits per heavy atom. The van der Waals surface area contributed by atoms with E-state index in [0.29, 0.717) is 12.0 Å². The molecule has 1 fully saturated rings. The molecule has 1 saturated heterocycles. The van der Waals surface area contributed by atoms with Gasteiger partial charge in [0, 0.05) is 19.6 Å². The molecule has 4 heteroatoms. The number of ether oxygens (including phenoxy) is 1. The zero-order valence-electron chi connectivity index (χ0n) is 10.7. The molecule has 1 rings (SSSR count). The maximum atomic E-state index is 8.61. The molecule has 0 aromatic rings. The van der Waals surface area contributed by atoms with Crippen LogP contribution < -0.4 is 5.32 Å². The summed E-state index contributed by atoms with van der Waals surface area (Å²) in [5, 5.41) is 12.0. The van der Waals surface area contributed by atoms with Gasteiger partial charge in [0.15, 0.2) is 0 Å². The Labute approximate surface area is 99.0 Å². The maximum Gasteiger partial charge on any atom is 0.0698 e. The molecule has 0 aliphatic carbocycles. The monoisotopic (exact) mass is 230 g/mol. The molecular weight excluding hydrogens is 204 g/mol. The summed E-state index contributed by atoms with van der Waals surface area (Å²) in [5.74, 6) is 0. The van der Waals surface area contributed by atoms with Crippen molar-refractivity contribution in [2.45, 2.75) is 20.3 Å². The van der Waals surface area contributed by atoms with Crippen LogP contribution in [0.2, 0.25) is 0 Å². The van der Waals surface area contributed by atoms with Crippen molar-refractivity contribution in [1.82, 2.24) is 10.2 Å².